The highest BCUT2D eigenvalue weighted by Gasteiger charge is 2.21. The molecule has 1 saturated heterocycles. The molecule has 0 atom stereocenters. The zero-order valence-electron chi connectivity index (χ0n) is 10.4. The highest BCUT2D eigenvalue weighted by molar-refractivity contribution is 9.10. The minimum atomic E-state index is -0.304. The zero-order chi connectivity index (χ0) is 13.7. The van der Waals surface area contributed by atoms with E-state index in [-0.39, 0.29) is 12.0 Å². The Morgan fingerprint density at radius 2 is 2.11 bits per heavy atom. The normalized spacial score (nSPS) is 14.4. The molecule has 1 aliphatic heterocycles. The van der Waals surface area contributed by atoms with Gasteiger partial charge in [0.2, 0.25) is 5.91 Å². The second-order valence-corrected chi connectivity index (χ2v) is 5.17. The largest absolute Gasteiger partial charge is 0.448 e. The Morgan fingerprint density at radius 3 is 2.74 bits per heavy atom. The third-order valence-corrected chi connectivity index (χ3v) is 3.36. The van der Waals surface area contributed by atoms with E-state index in [0.29, 0.717) is 32.7 Å². The van der Waals surface area contributed by atoms with Crippen LogP contribution in [-0.4, -0.2) is 43.1 Å². The average molecular weight is 327 g/mol. The van der Waals surface area contributed by atoms with Gasteiger partial charge in [-0.3, -0.25) is 4.79 Å². The minimum absolute atomic E-state index is 0.0464. The maximum absolute atomic E-state index is 11.7. The van der Waals surface area contributed by atoms with Crippen molar-refractivity contribution in [3.63, 3.8) is 0 Å². The van der Waals surface area contributed by atoms with Crippen molar-refractivity contribution in [2.24, 2.45) is 0 Å². The standard InChI is InChI=1S/C13H15BrN2O3/c14-11-3-1-10(2-4-11)9-12(17)15-5-6-16-7-8-19-13(16)18/h1-4H,5-9H2,(H,15,17). The number of amides is 2. The summed E-state index contributed by atoms with van der Waals surface area (Å²) in [5, 5.41) is 2.79. The smallest absolute Gasteiger partial charge is 0.409 e. The summed E-state index contributed by atoms with van der Waals surface area (Å²) in [6.45, 7) is 1.97. The molecule has 1 aromatic rings. The van der Waals surface area contributed by atoms with E-state index in [1.807, 2.05) is 24.3 Å². The fourth-order valence-electron chi connectivity index (χ4n) is 1.81. The molecule has 6 heteroatoms. The van der Waals surface area contributed by atoms with Crippen LogP contribution in [0.25, 0.3) is 0 Å². The van der Waals surface area contributed by atoms with Gasteiger partial charge in [-0.25, -0.2) is 4.79 Å². The van der Waals surface area contributed by atoms with E-state index >= 15 is 0 Å². The predicted octanol–water partition coefficient (Wildman–Crippen LogP) is 1.56. The van der Waals surface area contributed by atoms with Crippen molar-refractivity contribution >= 4 is 27.9 Å². The van der Waals surface area contributed by atoms with Crippen molar-refractivity contribution in [3.05, 3.63) is 34.3 Å². The zero-order valence-corrected chi connectivity index (χ0v) is 12.0. The molecule has 0 spiro atoms. The summed E-state index contributed by atoms with van der Waals surface area (Å²) >= 11 is 3.35. The van der Waals surface area contributed by atoms with Crippen molar-refractivity contribution in [2.75, 3.05) is 26.2 Å². The van der Waals surface area contributed by atoms with Crippen LogP contribution in [0, 0.1) is 0 Å². The summed E-state index contributed by atoms with van der Waals surface area (Å²) < 4.78 is 5.79. The van der Waals surface area contributed by atoms with Crippen LogP contribution in [0.15, 0.2) is 28.7 Å². The Hall–Kier alpha value is -1.56. The molecule has 5 nitrogen and oxygen atoms in total. The molecule has 0 aliphatic carbocycles. The lowest BCUT2D eigenvalue weighted by Crippen LogP contribution is -2.36. The van der Waals surface area contributed by atoms with Crippen LogP contribution in [0.1, 0.15) is 5.56 Å². The minimum Gasteiger partial charge on any atom is -0.448 e. The molecule has 0 radical (unpaired) electrons. The molecule has 2 rings (SSSR count). The highest BCUT2D eigenvalue weighted by atomic mass is 79.9. The second-order valence-electron chi connectivity index (χ2n) is 4.25. The first kappa shape index (κ1) is 13.9. The molecule has 1 aromatic carbocycles. The number of hydrogen-bond donors (Lipinski definition) is 1. The molecule has 19 heavy (non-hydrogen) atoms. The lowest BCUT2D eigenvalue weighted by molar-refractivity contribution is -0.120. The summed E-state index contributed by atoms with van der Waals surface area (Å²) in [6.07, 6.45) is 0.0414. The fraction of sp³-hybridized carbons (Fsp3) is 0.385. The average Bonchev–Trinajstić information content (AvgIpc) is 2.78. The molecule has 1 heterocycles. The van der Waals surface area contributed by atoms with Crippen LogP contribution >= 0.6 is 15.9 Å². The van der Waals surface area contributed by atoms with Gasteiger partial charge in [-0.15, -0.1) is 0 Å². The number of cyclic esters (lactones) is 1. The highest BCUT2D eigenvalue weighted by Crippen LogP contribution is 2.10. The van der Waals surface area contributed by atoms with E-state index < -0.39 is 0 Å². The molecule has 0 unspecified atom stereocenters. The molecule has 1 fully saturated rings. The first-order valence-corrected chi connectivity index (χ1v) is 6.87. The van der Waals surface area contributed by atoms with Gasteiger partial charge in [-0.1, -0.05) is 28.1 Å². The van der Waals surface area contributed by atoms with Gasteiger partial charge in [0.15, 0.2) is 0 Å². The van der Waals surface area contributed by atoms with E-state index in [0.717, 1.165) is 10.0 Å². The predicted molar refractivity (Wildman–Crippen MR) is 73.8 cm³/mol. The lowest BCUT2D eigenvalue weighted by Gasteiger charge is -2.12. The van der Waals surface area contributed by atoms with E-state index in [1.54, 1.807) is 4.90 Å². The van der Waals surface area contributed by atoms with Gasteiger partial charge in [0.05, 0.1) is 13.0 Å². The molecule has 0 aromatic heterocycles. The third-order valence-electron chi connectivity index (χ3n) is 2.83. The maximum Gasteiger partial charge on any atom is 0.409 e. The summed E-state index contributed by atoms with van der Waals surface area (Å²) in [4.78, 5) is 24.4. The maximum atomic E-state index is 11.7. The lowest BCUT2D eigenvalue weighted by atomic mass is 10.1. The molecule has 0 bridgehead atoms. The van der Waals surface area contributed by atoms with Gasteiger partial charge >= 0.3 is 6.09 Å². The van der Waals surface area contributed by atoms with E-state index in [1.165, 1.54) is 0 Å². The van der Waals surface area contributed by atoms with Crippen molar-refractivity contribution < 1.29 is 14.3 Å². The molecular weight excluding hydrogens is 312 g/mol. The van der Waals surface area contributed by atoms with Crippen LogP contribution < -0.4 is 5.32 Å². The Kier molecular flexibility index (Phi) is 4.79. The van der Waals surface area contributed by atoms with Crippen LogP contribution in [-0.2, 0) is 16.0 Å². The van der Waals surface area contributed by atoms with Crippen LogP contribution in [0.3, 0.4) is 0 Å². The number of benzene rings is 1. The Labute approximate surface area is 120 Å². The van der Waals surface area contributed by atoms with Crippen LogP contribution in [0.5, 0.6) is 0 Å². The summed E-state index contributed by atoms with van der Waals surface area (Å²) in [5.74, 6) is -0.0464. The van der Waals surface area contributed by atoms with Crippen LogP contribution in [0.4, 0.5) is 4.79 Å². The monoisotopic (exact) mass is 326 g/mol. The van der Waals surface area contributed by atoms with Crippen molar-refractivity contribution in [1.82, 2.24) is 10.2 Å². The van der Waals surface area contributed by atoms with E-state index in [4.69, 9.17) is 4.74 Å². The summed E-state index contributed by atoms with van der Waals surface area (Å²) in [5.41, 5.74) is 0.960. The topological polar surface area (TPSA) is 58.6 Å². The van der Waals surface area contributed by atoms with Gasteiger partial charge in [0, 0.05) is 17.6 Å². The number of nitrogens with zero attached hydrogens (tertiary/aromatic N) is 1. The van der Waals surface area contributed by atoms with E-state index in [9.17, 15) is 9.59 Å². The number of rotatable bonds is 5. The number of hydrogen-bond acceptors (Lipinski definition) is 3. The van der Waals surface area contributed by atoms with Gasteiger partial charge in [0.25, 0.3) is 0 Å². The Bertz CT molecular complexity index is 461. The molecule has 2 amide bonds. The quantitative estimate of drug-likeness (QED) is 0.893. The first-order valence-electron chi connectivity index (χ1n) is 6.08. The van der Waals surface area contributed by atoms with Gasteiger partial charge < -0.3 is 15.0 Å². The number of ether oxygens (including phenoxy) is 1. The number of carbonyl (C=O) groups excluding carboxylic acids is 2. The molecule has 102 valence electrons. The number of nitrogens with one attached hydrogen (secondary N) is 1. The summed E-state index contributed by atoms with van der Waals surface area (Å²) in [6, 6.07) is 7.62. The van der Waals surface area contributed by atoms with E-state index in [2.05, 4.69) is 21.2 Å². The Balaban J connectivity index is 1.69. The fourth-order valence-corrected chi connectivity index (χ4v) is 2.07. The van der Waals surface area contributed by atoms with Gasteiger partial charge in [-0.2, -0.15) is 0 Å². The molecule has 1 N–H and O–H groups in total. The number of halogens is 1. The summed E-state index contributed by atoms with van der Waals surface area (Å²) in [7, 11) is 0. The molecular formula is C13H15BrN2O3. The van der Waals surface area contributed by atoms with Gasteiger partial charge in [0.1, 0.15) is 6.61 Å². The Morgan fingerprint density at radius 1 is 1.37 bits per heavy atom. The second kappa shape index (κ2) is 6.56. The van der Waals surface area contributed by atoms with Crippen LogP contribution in [0.2, 0.25) is 0 Å². The van der Waals surface area contributed by atoms with Crippen molar-refractivity contribution in [3.8, 4) is 0 Å². The number of carbonyl (C=O) groups is 2. The van der Waals surface area contributed by atoms with Crippen molar-refractivity contribution in [1.29, 1.82) is 0 Å². The van der Waals surface area contributed by atoms with Crippen molar-refractivity contribution in [2.45, 2.75) is 6.42 Å². The third kappa shape index (κ3) is 4.24. The SMILES string of the molecule is O=C(Cc1ccc(Br)cc1)NCCN1CCOC1=O. The molecule has 0 saturated carbocycles. The molecule has 1 aliphatic rings. The van der Waals surface area contributed by atoms with Gasteiger partial charge in [-0.05, 0) is 17.7 Å². The first-order chi connectivity index (χ1) is 9.15.